The van der Waals surface area contributed by atoms with Gasteiger partial charge in [-0.2, -0.15) is 0 Å². The van der Waals surface area contributed by atoms with Crippen molar-refractivity contribution in [2.75, 3.05) is 5.32 Å². The number of carbonyl (C=O) groups excluding carboxylic acids is 1. The fraction of sp³-hybridized carbons (Fsp3) is 0.0625. The number of amides is 1. The molecule has 0 saturated heterocycles. The molecular weight excluding hydrogens is 293 g/mol. The molecule has 0 unspecified atom stereocenters. The van der Waals surface area contributed by atoms with Gasteiger partial charge in [-0.15, -0.1) is 0 Å². The van der Waals surface area contributed by atoms with E-state index in [0.29, 0.717) is 15.6 Å². The number of halogens is 2. The molecule has 2 aromatic rings. The van der Waals surface area contributed by atoms with Gasteiger partial charge in [-0.1, -0.05) is 40.9 Å². The molecule has 0 spiro atoms. The Kier molecular flexibility index (Phi) is 3.28. The van der Waals surface area contributed by atoms with Crippen LogP contribution >= 0.6 is 23.2 Å². The topological polar surface area (TPSA) is 29.1 Å². The quantitative estimate of drug-likeness (QED) is 0.754. The fourth-order valence-corrected chi connectivity index (χ4v) is 2.68. The molecule has 0 fully saturated rings. The van der Waals surface area contributed by atoms with Gasteiger partial charge in [0.25, 0.3) is 5.91 Å². The lowest BCUT2D eigenvalue weighted by atomic mass is 10.0. The summed E-state index contributed by atoms with van der Waals surface area (Å²) in [6.07, 6.45) is 1.79. The summed E-state index contributed by atoms with van der Waals surface area (Å²) in [7, 11) is 0. The molecule has 0 aliphatic carbocycles. The zero-order valence-electron chi connectivity index (χ0n) is 10.7. The Morgan fingerprint density at radius 3 is 2.65 bits per heavy atom. The van der Waals surface area contributed by atoms with Gasteiger partial charge in [0.15, 0.2) is 0 Å². The van der Waals surface area contributed by atoms with Gasteiger partial charge in [0, 0.05) is 26.9 Å². The van der Waals surface area contributed by atoms with Crippen LogP contribution in [0.15, 0.2) is 36.4 Å². The van der Waals surface area contributed by atoms with Crippen LogP contribution in [0.3, 0.4) is 0 Å². The first kappa shape index (κ1) is 13.2. The molecule has 1 heterocycles. The zero-order valence-corrected chi connectivity index (χ0v) is 12.2. The van der Waals surface area contributed by atoms with E-state index in [2.05, 4.69) is 5.32 Å². The average molecular weight is 304 g/mol. The van der Waals surface area contributed by atoms with Crippen molar-refractivity contribution in [3.05, 3.63) is 63.1 Å². The van der Waals surface area contributed by atoms with Gasteiger partial charge < -0.3 is 5.32 Å². The Morgan fingerprint density at radius 2 is 1.90 bits per heavy atom. The average Bonchev–Trinajstić information content (AvgIpc) is 2.69. The molecule has 3 rings (SSSR count). The van der Waals surface area contributed by atoms with E-state index >= 15 is 0 Å². The molecule has 0 bridgehead atoms. The predicted octanol–water partition coefficient (Wildman–Crippen LogP) is 4.79. The van der Waals surface area contributed by atoms with Crippen molar-refractivity contribution in [2.24, 2.45) is 0 Å². The number of hydrogen-bond donors (Lipinski definition) is 1. The molecule has 0 aromatic heterocycles. The summed E-state index contributed by atoms with van der Waals surface area (Å²) in [5.41, 5.74) is 4.23. The highest BCUT2D eigenvalue weighted by molar-refractivity contribution is 6.38. The van der Waals surface area contributed by atoms with Crippen molar-refractivity contribution in [1.82, 2.24) is 0 Å². The van der Waals surface area contributed by atoms with E-state index < -0.39 is 0 Å². The van der Waals surface area contributed by atoms with Crippen LogP contribution in [0, 0.1) is 6.92 Å². The fourth-order valence-electron chi connectivity index (χ4n) is 2.22. The second-order valence-corrected chi connectivity index (χ2v) is 5.57. The van der Waals surface area contributed by atoms with Gasteiger partial charge in [0.05, 0.1) is 0 Å². The van der Waals surface area contributed by atoms with Crippen LogP contribution in [-0.2, 0) is 4.79 Å². The molecule has 20 heavy (non-hydrogen) atoms. The Morgan fingerprint density at radius 1 is 1.10 bits per heavy atom. The number of anilines is 1. The maximum absolute atomic E-state index is 12.1. The molecule has 1 amide bonds. The third kappa shape index (κ3) is 2.33. The first-order valence-corrected chi connectivity index (χ1v) is 6.89. The van der Waals surface area contributed by atoms with Crippen LogP contribution in [0.4, 0.5) is 5.69 Å². The van der Waals surface area contributed by atoms with Crippen LogP contribution < -0.4 is 5.32 Å². The van der Waals surface area contributed by atoms with E-state index in [-0.39, 0.29) is 5.91 Å². The summed E-state index contributed by atoms with van der Waals surface area (Å²) in [5, 5.41) is 3.95. The number of benzene rings is 2. The van der Waals surface area contributed by atoms with Crippen LogP contribution in [0.5, 0.6) is 0 Å². The van der Waals surface area contributed by atoms with Crippen LogP contribution in [-0.4, -0.2) is 5.91 Å². The number of aryl methyl sites for hydroxylation is 1. The van der Waals surface area contributed by atoms with Crippen molar-refractivity contribution >= 4 is 46.4 Å². The lowest BCUT2D eigenvalue weighted by Crippen LogP contribution is -2.03. The molecule has 100 valence electrons. The maximum atomic E-state index is 12.1. The van der Waals surface area contributed by atoms with Gasteiger partial charge in [-0.25, -0.2) is 0 Å². The molecule has 0 saturated carbocycles. The summed E-state index contributed by atoms with van der Waals surface area (Å²) in [6, 6.07) is 11.1. The van der Waals surface area contributed by atoms with Gasteiger partial charge in [-0.05, 0) is 42.8 Å². The first-order chi connectivity index (χ1) is 9.54. The molecular formula is C16H11Cl2NO. The van der Waals surface area contributed by atoms with E-state index in [1.165, 1.54) is 0 Å². The minimum atomic E-state index is -0.114. The number of carbonyl (C=O) groups is 1. The summed E-state index contributed by atoms with van der Waals surface area (Å²) >= 11 is 12.0. The molecule has 0 radical (unpaired) electrons. The Labute approximate surface area is 127 Å². The van der Waals surface area contributed by atoms with Gasteiger partial charge in [-0.3, -0.25) is 4.79 Å². The molecule has 1 N–H and O–H groups in total. The van der Waals surface area contributed by atoms with E-state index in [0.717, 1.165) is 22.4 Å². The van der Waals surface area contributed by atoms with Crippen LogP contribution in [0.2, 0.25) is 10.0 Å². The molecule has 4 heteroatoms. The van der Waals surface area contributed by atoms with Gasteiger partial charge in [0.1, 0.15) is 0 Å². The van der Waals surface area contributed by atoms with E-state index in [4.69, 9.17) is 23.2 Å². The first-order valence-electron chi connectivity index (χ1n) is 6.14. The monoisotopic (exact) mass is 303 g/mol. The Bertz CT molecular complexity index is 750. The molecule has 1 aliphatic rings. The summed E-state index contributed by atoms with van der Waals surface area (Å²) < 4.78 is 0. The SMILES string of the molecule is Cc1ccc2c(c1)/C(=C\c1ccc(Cl)cc1Cl)C(=O)N2. The normalized spacial score (nSPS) is 15.3. The molecule has 2 aromatic carbocycles. The van der Waals surface area contributed by atoms with Crippen LogP contribution in [0.25, 0.3) is 11.6 Å². The third-order valence-corrected chi connectivity index (χ3v) is 3.78. The maximum Gasteiger partial charge on any atom is 0.256 e. The number of hydrogen-bond acceptors (Lipinski definition) is 1. The highest BCUT2D eigenvalue weighted by Gasteiger charge is 2.24. The Hall–Kier alpha value is -1.77. The van der Waals surface area contributed by atoms with E-state index in [1.807, 2.05) is 25.1 Å². The molecule has 1 aliphatic heterocycles. The zero-order chi connectivity index (χ0) is 14.3. The third-order valence-electron chi connectivity index (χ3n) is 3.22. The van der Waals surface area contributed by atoms with E-state index in [9.17, 15) is 4.79 Å². The molecule has 0 atom stereocenters. The number of fused-ring (bicyclic) bond motifs is 1. The van der Waals surface area contributed by atoms with Crippen molar-refractivity contribution in [1.29, 1.82) is 0 Å². The standard InChI is InChI=1S/C16H11Cl2NO/c1-9-2-5-15-12(6-9)13(16(20)19-15)7-10-3-4-11(17)8-14(10)18/h2-8H,1H3,(H,19,20)/b13-7+. The Balaban J connectivity index is 2.13. The second-order valence-electron chi connectivity index (χ2n) is 4.73. The minimum Gasteiger partial charge on any atom is -0.321 e. The highest BCUT2D eigenvalue weighted by atomic mass is 35.5. The van der Waals surface area contributed by atoms with Crippen molar-refractivity contribution in [2.45, 2.75) is 6.92 Å². The summed E-state index contributed by atoms with van der Waals surface area (Å²) in [5.74, 6) is -0.114. The minimum absolute atomic E-state index is 0.114. The smallest absolute Gasteiger partial charge is 0.256 e. The van der Waals surface area contributed by atoms with Crippen LogP contribution in [0.1, 0.15) is 16.7 Å². The van der Waals surface area contributed by atoms with Crippen molar-refractivity contribution in [3.8, 4) is 0 Å². The van der Waals surface area contributed by atoms with E-state index in [1.54, 1.807) is 24.3 Å². The second kappa shape index (κ2) is 4.97. The number of rotatable bonds is 1. The van der Waals surface area contributed by atoms with Gasteiger partial charge in [0.2, 0.25) is 0 Å². The van der Waals surface area contributed by atoms with Crippen molar-refractivity contribution in [3.63, 3.8) is 0 Å². The largest absolute Gasteiger partial charge is 0.321 e. The number of nitrogens with one attached hydrogen (secondary N) is 1. The molecule has 2 nitrogen and oxygen atoms in total. The lowest BCUT2D eigenvalue weighted by molar-refractivity contribution is -0.110. The lowest BCUT2D eigenvalue weighted by Gasteiger charge is -2.02. The van der Waals surface area contributed by atoms with Gasteiger partial charge >= 0.3 is 0 Å². The van der Waals surface area contributed by atoms with Crippen molar-refractivity contribution < 1.29 is 4.79 Å². The summed E-state index contributed by atoms with van der Waals surface area (Å²) in [6.45, 7) is 2.00. The highest BCUT2D eigenvalue weighted by Crippen LogP contribution is 2.35. The predicted molar refractivity (Wildman–Crippen MR) is 84.1 cm³/mol. The summed E-state index contributed by atoms with van der Waals surface area (Å²) in [4.78, 5) is 12.1.